The van der Waals surface area contributed by atoms with E-state index in [9.17, 15) is 19.8 Å². The number of Topliss-reactive ketones (excluding diaryl/α,β-unsaturated/α-hetero) is 1. The first kappa shape index (κ1) is 33.6. The number of ketones is 1. The van der Waals surface area contributed by atoms with Gasteiger partial charge >= 0.3 is 5.97 Å². The Morgan fingerprint density at radius 3 is 2.68 bits per heavy atom. The summed E-state index contributed by atoms with van der Waals surface area (Å²) in [6.45, 7) is 11.9. The zero-order chi connectivity index (χ0) is 30.5. The molecule has 2 fully saturated rings. The standard InChI is InChI=1S/C29H45N5O5S2/c1-17-9-8-10-29(6)22(34(29)12-11-31-33-30)14-21(18(2)13-20-16-41-27(32-20)40-7)39-24(36)15-23(35)28(4,5)26(38)19(3)25(17)37/h13,16-17,19,21-23,25,35,37H,8-12,14-15H2,1-7H3/b18-13+/t17-,19+,21-,22?,23-,25-,29+,34?/m0/s1. The fraction of sp³-hybridized carbons (Fsp3) is 0.759. The Morgan fingerprint density at radius 2 is 2.05 bits per heavy atom. The summed E-state index contributed by atoms with van der Waals surface area (Å²) < 4.78 is 6.98. The van der Waals surface area contributed by atoms with E-state index in [0.717, 1.165) is 34.9 Å². The number of aromatic nitrogens is 1. The molecule has 3 rings (SSSR count). The zero-order valence-electron chi connectivity index (χ0n) is 25.2. The number of nitrogens with zero attached hydrogens (tertiary/aromatic N) is 5. The highest BCUT2D eigenvalue weighted by molar-refractivity contribution is 8.00. The van der Waals surface area contributed by atoms with Gasteiger partial charge < -0.3 is 14.9 Å². The Hall–Kier alpha value is -1.95. The molecule has 0 spiro atoms. The molecule has 228 valence electrons. The van der Waals surface area contributed by atoms with Crippen LogP contribution in [0.25, 0.3) is 16.5 Å². The second-order valence-electron chi connectivity index (χ2n) is 12.3. The average molecular weight is 608 g/mol. The molecule has 10 nitrogen and oxygen atoms in total. The van der Waals surface area contributed by atoms with Gasteiger partial charge in [-0.25, -0.2) is 4.98 Å². The van der Waals surface area contributed by atoms with Gasteiger partial charge in [-0.3, -0.25) is 14.5 Å². The highest BCUT2D eigenvalue weighted by atomic mass is 32.2. The van der Waals surface area contributed by atoms with Crippen molar-refractivity contribution in [1.82, 2.24) is 9.88 Å². The van der Waals surface area contributed by atoms with Crippen molar-refractivity contribution >= 4 is 40.9 Å². The monoisotopic (exact) mass is 607 g/mol. The van der Waals surface area contributed by atoms with E-state index in [1.165, 1.54) is 0 Å². The summed E-state index contributed by atoms with van der Waals surface area (Å²) in [6, 6.07) is 0.0877. The fourth-order valence-electron chi connectivity index (χ4n) is 6.14. The highest BCUT2D eigenvalue weighted by Crippen LogP contribution is 2.48. The van der Waals surface area contributed by atoms with Gasteiger partial charge in [0.2, 0.25) is 0 Å². The van der Waals surface area contributed by atoms with Crippen molar-refractivity contribution in [1.29, 1.82) is 0 Å². The van der Waals surface area contributed by atoms with Crippen LogP contribution in [0.1, 0.15) is 79.3 Å². The molecule has 0 aromatic carbocycles. The number of fused-ring (bicyclic) bond motifs is 1. The number of hydrogen-bond donors (Lipinski definition) is 2. The molecule has 2 N–H and O–H groups in total. The Balaban J connectivity index is 1.95. The number of carbonyl (C=O) groups is 2. The van der Waals surface area contributed by atoms with Gasteiger partial charge in [0.25, 0.3) is 0 Å². The smallest absolute Gasteiger partial charge is 0.309 e. The SMILES string of the molecule is CSc1nc(/C=C(\C)[C@@H]2CC3N(CCN=[N+]=[N-])[C@]3(C)CCC[C@H](C)[C@H](O)[C@@H](C)C(=O)C(C)(C)[C@@H](O)CC(=O)O2)cs1. The van der Waals surface area contributed by atoms with E-state index in [1.54, 1.807) is 43.9 Å². The maximum Gasteiger partial charge on any atom is 0.309 e. The third kappa shape index (κ3) is 7.91. The van der Waals surface area contributed by atoms with Gasteiger partial charge in [0.1, 0.15) is 16.2 Å². The Kier molecular flexibility index (Phi) is 11.5. The van der Waals surface area contributed by atoms with E-state index in [-0.39, 0.29) is 29.7 Å². The molecule has 0 saturated carbocycles. The maximum atomic E-state index is 13.4. The molecule has 1 aromatic heterocycles. The molecule has 1 aromatic rings. The number of aliphatic hydroxyl groups is 2. The first-order chi connectivity index (χ1) is 19.3. The number of rotatable bonds is 6. The van der Waals surface area contributed by atoms with Crippen molar-refractivity contribution in [2.75, 3.05) is 19.3 Å². The van der Waals surface area contributed by atoms with Gasteiger partial charge in [-0.1, -0.05) is 51.0 Å². The number of ether oxygens (including phenoxy) is 1. The van der Waals surface area contributed by atoms with Crippen molar-refractivity contribution in [2.45, 2.75) is 108 Å². The summed E-state index contributed by atoms with van der Waals surface area (Å²) in [5, 5.41) is 27.7. The Morgan fingerprint density at radius 1 is 1.34 bits per heavy atom. The second-order valence-corrected chi connectivity index (χ2v) is 14.2. The van der Waals surface area contributed by atoms with Gasteiger partial charge in [0, 0.05) is 47.3 Å². The summed E-state index contributed by atoms with van der Waals surface area (Å²) in [5.41, 5.74) is 9.02. The van der Waals surface area contributed by atoms with Crippen LogP contribution in [0.15, 0.2) is 20.4 Å². The summed E-state index contributed by atoms with van der Waals surface area (Å²) in [5.74, 6) is -1.66. The lowest BCUT2D eigenvalue weighted by atomic mass is 9.73. The Bertz CT molecular complexity index is 1170. The van der Waals surface area contributed by atoms with Crippen LogP contribution < -0.4 is 0 Å². The van der Waals surface area contributed by atoms with Crippen LogP contribution in [0.5, 0.6) is 0 Å². The van der Waals surface area contributed by atoms with E-state index in [4.69, 9.17) is 10.3 Å². The average Bonchev–Trinajstić information content (AvgIpc) is 3.22. The highest BCUT2D eigenvalue weighted by Gasteiger charge is 2.58. The molecule has 0 bridgehead atoms. The van der Waals surface area contributed by atoms with Crippen LogP contribution in [0.2, 0.25) is 0 Å². The lowest BCUT2D eigenvalue weighted by Gasteiger charge is -2.34. The van der Waals surface area contributed by atoms with Crippen LogP contribution in [0, 0.1) is 17.3 Å². The third-order valence-corrected chi connectivity index (χ3v) is 11.0. The first-order valence-electron chi connectivity index (χ1n) is 14.3. The van der Waals surface area contributed by atoms with Gasteiger partial charge in [-0.2, -0.15) is 0 Å². The van der Waals surface area contributed by atoms with Crippen molar-refractivity contribution in [3.8, 4) is 0 Å². The molecule has 2 aliphatic rings. The number of aliphatic hydroxyl groups excluding tert-OH is 2. The summed E-state index contributed by atoms with van der Waals surface area (Å²) >= 11 is 3.13. The predicted molar refractivity (Wildman–Crippen MR) is 163 cm³/mol. The number of carbonyl (C=O) groups excluding carboxylic acids is 2. The van der Waals surface area contributed by atoms with Crippen LogP contribution in [0.4, 0.5) is 0 Å². The normalized spacial score (nSPS) is 35.2. The minimum Gasteiger partial charge on any atom is -0.458 e. The van der Waals surface area contributed by atoms with E-state index < -0.39 is 35.6 Å². The van der Waals surface area contributed by atoms with Crippen molar-refractivity contribution in [3.05, 3.63) is 27.1 Å². The molecular formula is C29H45N5O5S2. The quantitative estimate of drug-likeness (QED) is 0.108. The molecule has 2 aliphatic heterocycles. The molecule has 0 radical (unpaired) electrons. The Labute approximate surface area is 251 Å². The summed E-state index contributed by atoms with van der Waals surface area (Å²) in [4.78, 5) is 36.4. The van der Waals surface area contributed by atoms with Gasteiger partial charge in [-0.15, -0.1) is 11.3 Å². The van der Waals surface area contributed by atoms with Crippen LogP contribution in [-0.4, -0.2) is 81.1 Å². The molecule has 0 amide bonds. The zero-order valence-corrected chi connectivity index (χ0v) is 26.9. The molecule has 2 unspecified atom stereocenters. The first-order valence-corrected chi connectivity index (χ1v) is 16.4. The maximum absolute atomic E-state index is 13.4. The van der Waals surface area contributed by atoms with Crippen molar-refractivity contribution in [2.24, 2.45) is 22.4 Å². The van der Waals surface area contributed by atoms with Crippen LogP contribution >= 0.6 is 23.1 Å². The van der Waals surface area contributed by atoms with E-state index in [1.807, 2.05) is 31.6 Å². The van der Waals surface area contributed by atoms with E-state index in [0.29, 0.717) is 19.5 Å². The van der Waals surface area contributed by atoms with Gasteiger partial charge in [0.05, 0.1) is 29.7 Å². The number of cyclic esters (lactones) is 1. The molecule has 8 atom stereocenters. The van der Waals surface area contributed by atoms with Crippen molar-refractivity contribution in [3.63, 3.8) is 0 Å². The largest absolute Gasteiger partial charge is 0.458 e. The van der Waals surface area contributed by atoms with Gasteiger partial charge in [0.15, 0.2) is 0 Å². The number of thiazole rings is 1. The molecule has 2 saturated heterocycles. The van der Waals surface area contributed by atoms with E-state index in [2.05, 4.69) is 26.8 Å². The summed E-state index contributed by atoms with van der Waals surface area (Å²) in [6.07, 6.45) is 3.86. The van der Waals surface area contributed by atoms with E-state index >= 15 is 0 Å². The number of thioether (sulfide) groups is 1. The summed E-state index contributed by atoms with van der Waals surface area (Å²) in [7, 11) is 0. The molecule has 0 aliphatic carbocycles. The fourth-order valence-corrected chi connectivity index (χ4v) is 7.36. The second kappa shape index (κ2) is 14.0. The molecule has 3 heterocycles. The number of esters is 1. The third-order valence-electron chi connectivity index (χ3n) is 9.14. The minimum atomic E-state index is -1.26. The predicted octanol–water partition coefficient (Wildman–Crippen LogP) is 5.49. The van der Waals surface area contributed by atoms with Crippen LogP contribution in [0.3, 0.4) is 0 Å². The number of azide groups is 1. The lowest BCUT2D eigenvalue weighted by molar-refractivity contribution is -0.154. The molecule has 41 heavy (non-hydrogen) atoms. The van der Waals surface area contributed by atoms with Crippen molar-refractivity contribution < 1.29 is 24.5 Å². The number of hydrogen-bond acceptors (Lipinski definition) is 10. The van der Waals surface area contributed by atoms with Crippen LogP contribution in [-0.2, 0) is 14.3 Å². The lowest BCUT2D eigenvalue weighted by Crippen LogP contribution is -2.45. The molecule has 12 heteroatoms. The molecular weight excluding hydrogens is 562 g/mol. The topological polar surface area (TPSA) is 148 Å². The van der Waals surface area contributed by atoms with Gasteiger partial charge in [-0.05, 0) is 56.0 Å². The minimum absolute atomic E-state index is 0.0877.